The summed E-state index contributed by atoms with van der Waals surface area (Å²) in [4.78, 5) is 24.1. The molecule has 0 radical (unpaired) electrons. The van der Waals surface area contributed by atoms with Gasteiger partial charge in [0.15, 0.2) is 18.1 Å². The first-order valence-corrected chi connectivity index (χ1v) is 8.84. The molecule has 0 aliphatic rings. The van der Waals surface area contributed by atoms with Gasteiger partial charge in [-0.2, -0.15) is 0 Å². The number of hydrogen-bond donors (Lipinski definition) is 1. The molecule has 28 heavy (non-hydrogen) atoms. The van der Waals surface area contributed by atoms with Crippen LogP contribution in [0.1, 0.15) is 15.9 Å². The lowest BCUT2D eigenvalue weighted by Crippen LogP contribution is -2.30. The zero-order valence-electron chi connectivity index (χ0n) is 15.9. The molecule has 2 aromatic carbocycles. The van der Waals surface area contributed by atoms with Gasteiger partial charge >= 0.3 is 5.97 Å². The predicted molar refractivity (Wildman–Crippen MR) is 105 cm³/mol. The Morgan fingerprint density at radius 2 is 1.68 bits per heavy atom. The highest BCUT2D eigenvalue weighted by Crippen LogP contribution is 2.38. The van der Waals surface area contributed by atoms with Crippen LogP contribution in [0.5, 0.6) is 17.2 Å². The highest BCUT2D eigenvalue weighted by Gasteiger charge is 2.18. The van der Waals surface area contributed by atoms with Crippen molar-refractivity contribution in [1.82, 2.24) is 5.32 Å². The molecule has 7 nitrogen and oxygen atoms in total. The Labute approximate surface area is 168 Å². The van der Waals surface area contributed by atoms with Crippen LogP contribution in [0, 0.1) is 0 Å². The number of ether oxygens (including phenoxy) is 4. The molecular weight excluding hydrogens is 386 g/mol. The van der Waals surface area contributed by atoms with Crippen molar-refractivity contribution < 1.29 is 28.5 Å². The molecule has 0 fully saturated rings. The van der Waals surface area contributed by atoms with Gasteiger partial charge in [-0.15, -0.1) is 0 Å². The number of hydrogen-bond acceptors (Lipinski definition) is 6. The number of methoxy groups -OCH3 is 3. The van der Waals surface area contributed by atoms with E-state index < -0.39 is 18.5 Å². The lowest BCUT2D eigenvalue weighted by molar-refractivity contribution is -0.124. The van der Waals surface area contributed by atoms with Crippen LogP contribution in [-0.4, -0.2) is 46.4 Å². The molecule has 1 amide bonds. The van der Waals surface area contributed by atoms with Crippen molar-refractivity contribution in [1.29, 1.82) is 0 Å². The van der Waals surface area contributed by atoms with Gasteiger partial charge in [0.2, 0.25) is 5.75 Å². The Bertz CT molecular complexity index is 814. The van der Waals surface area contributed by atoms with Gasteiger partial charge in [-0.3, -0.25) is 4.79 Å². The third-order valence-corrected chi connectivity index (χ3v) is 4.09. The van der Waals surface area contributed by atoms with Crippen LogP contribution < -0.4 is 19.5 Å². The van der Waals surface area contributed by atoms with E-state index in [2.05, 4.69) is 5.32 Å². The van der Waals surface area contributed by atoms with E-state index in [1.165, 1.54) is 33.5 Å². The van der Waals surface area contributed by atoms with E-state index in [-0.39, 0.29) is 5.56 Å². The first kappa shape index (κ1) is 21.4. The van der Waals surface area contributed by atoms with Crippen LogP contribution >= 0.6 is 11.6 Å². The normalized spacial score (nSPS) is 10.1. The summed E-state index contributed by atoms with van der Waals surface area (Å²) in [5.41, 5.74) is 1.18. The van der Waals surface area contributed by atoms with Crippen molar-refractivity contribution in [3.63, 3.8) is 0 Å². The van der Waals surface area contributed by atoms with Crippen LogP contribution in [0.15, 0.2) is 36.4 Å². The Balaban J connectivity index is 1.88. The zero-order valence-corrected chi connectivity index (χ0v) is 16.7. The molecule has 8 heteroatoms. The van der Waals surface area contributed by atoms with Crippen molar-refractivity contribution in [2.45, 2.75) is 6.42 Å². The number of carbonyl (C=O) groups excluding carboxylic acids is 2. The largest absolute Gasteiger partial charge is 0.493 e. The average molecular weight is 408 g/mol. The Morgan fingerprint density at radius 3 is 2.25 bits per heavy atom. The SMILES string of the molecule is COc1cc(C(=O)OCC(=O)NCCc2cccc(Cl)c2)cc(OC)c1OC. The highest BCUT2D eigenvalue weighted by atomic mass is 35.5. The lowest BCUT2D eigenvalue weighted by Gasteiger charge is -2.13. The molecule has 0 aromatic heterocycles. The first-order valence-electron chi connectivity index (χ1n) is 8.46. The van der Waals surface area contributed by atoms with Crippen molar-refractivity contribution in [2.75, 3.05) is 34.5 Å². The molecule has 0 spiro atoms. The van der Waals surface area contributed by atoms with Gasteiger partial charge in [0, 0.05) is 11.6 Å². The van der Waals surface area contributed by atoms with E-state index in [0.29, 0.717) is 35.2 Å². The third-order valence-electron chi connectivity index (χ3n) is 3.86. The maximum absolute atomic E-state index is 12.2. The minimum absolute atomic E-state index is 0.182. The molecule has 0 saturated carbocycles. The molecule has 0 heterocycles. The Morgan fingerprint density at radius 1 is 1.00 bits per heavy atom. The molecule has 0 aliphatic carbocycles. The summed E-state index contributed by atoms with van der Waals surface area (Å²) in [7, 11) is 4.35. The molecule has 0 aliphatic heterocycles. The van der Waals surface area contributed by atoms with Gasteiger partial charge in [-0.25, -0.2) is 4.79 Å². The van der Waals surface area contributed by atoms with Crippen molar-refractivity contribution in [3.8, 4) is 17.2 Å². The number of amides is 1. The quantitative estimate of drug-likeness (QED) is 0.643. The standard InChI is InChI=1S/C20H22ClNO6/c1-25-16-10-14(11-17(26-2)19(16)27-3)20(24)28-12-18(23)22-8-7-13-5-4-6-15(21)9-13/h4-6,9-11H,7-8,12H2,1-3H3,(H,22,23). The third kappa shape index (κ3) is 5.79. The minimum Gasteiger partial charge on any atom is -0.493 e. The lowest BCUT2D eigenvalue weighted by atomic mass is 10.1. The number of rotatable bonds is 9. The molecule has 150 valence electrons. The second kappa shape index (κ2) is 10.4. The van der Waals surface area contributed by atoms with Gasteiger partial charge < -0.3 is 24.3 Å². The highest BCUT2D eigenvalue weighted by molar-refractivity contribution is 6.30. The van der Waals surface area contributed by atoms with E-state index in [1.54, 1.807) is 6.07 Å². The number of benzene rings is 2. The number of nitrogens with one attached hydrogen (secondary N) is 1. The minimum atomic E-state index is -0.677. The zero-order chi connectivity index (χ0) is 20.5. The molecule has 0 bridgehead atoms. The number of esters is 1. The monoisotopic (exact) mass is 407 g/mol. The van der Waals surface area contributed by atoms with Crippen LogP contribution in [0.4, 0.5) is 0 Å². The molecule has 2 rings (SSSR count). The average Bonchev–Trinajstić information content (AvgIpc) is 2.70. The van der Waals surface area contributed by atoms with E-state index >= 15 is 0 Å². The van der Waals surface area contributed by atoms with E-state index in [9.17, 15) is 9.59 Å². The van der Waals surface area contributed by atoms with E-state index in [1.807, 2.05) is 18.2 Å². The first-order chi connectivity index (χ1) is 13.5. The second-order valence-electron chi connectivity index (χ2n) is 5.72. The van der Waals surface area contributed by atoms with Crippen LogP contribution in [0.25, 0.3) is 0 Å². The molecule has 0 saturated heterocycles. The Hall–Kier alpha value is -2.93. The topological polar surface area (TPSA) is 83.1 Å². The molecule has 0 atom stereocenters. The summed E-state index contributed by atoms with van der Waals surface area (Å²) in [6.07, 6.45) is 0.618. The fraction of sp³-hybridized carbons (Fsp3) is 0.300. The number of halogens is 1. The summed E-state index contributed by atoms with van der Waals surface area (Å²) in [5, 5.41) is 3.33. The van der Waals surface area contributed by atoms with Crippen molar-refractivity contribution >= 4 is 23.5 Å². The fourth-order valence-electron chi connectivity index (χ4n) is 2.50. The van der Waals surface area contributed by atoms with Gasteiger partial charge in [-0.05, 0) is 36.2 Å². The van der Waals surface area contributed by atoms with Gasteiger partial charge in [-0.1, -0.05) is 23.7 Å². The molecule has 1 N–H and O–H groups in total. The van der Waals surface area contributed by atoms with Crippen LogP contribution in [-0.2, 0) is 16.0 Å². The maximum Gasteiger partial charge on any atom is 0.338 e. The molecule has 2 aromatic rings. The second-order valence-corrected chi connectivity index (χ2v) is 6.16. The van der Waals surface area contributed by atoms with Crippen molar-refractivity contribution in [3.05, 3.63) is 52.5 Å². The van der Waals surface area contributed by atoms with Gasteiger partial charge in [0.25, 0.3) is 5.91 Å². The smallest absolute Gasteiger partial charge is 0.338 e. The predicted octanol–water partition coefficient (Wildman–Crippen LogP) is 2.88. The summed E-state index contributed by atoms with van der Waals surface area (Å²) in [5.74, 6) is -0.0769. The maximum atomic E-state index is 12.2. The summed E-state index contributed by atoms with van der Waals surface area (Å²) >= 11 is 5.92. The van der Waals surface area contributed by atoms with Crippen LogP contribution in [0.3, 0.4) is 0 Å². The summed E-state index contributed by atoms with van der Waals surface area (Å²) in [6.45, 7) is 0.00590. The Kier molecular flexibility index (Phi) is 7.95. The molecular formula is C20H22ClNO6. The van der Waals surface area contributed by atoms with Crippen LogP contribution in [0.2, 0.25) is 5.02 Å². The summed E-state index contributed by atoms with van der Waals surface area (Å²) < 4.78 is 20.7. The van der Waals surface area contributed by atoms with E-state index in [0.717, 1.165) is 5.56 Å². The summed E-state index contributed by atoms with van der Waals surface area (Å²) in [6, 6.07) is 10.3. The van der Waals surface area contributed by atoms with E-state index in [4.69, 9.17) is 30.5 Å². The number of carbonyl (C=O) groups is 2. The fourth-order valence-corrected chi connectivity index (χ4v) is 2.72. The molecule has 0 unspecified atom stereocenters. The van der Waals surface area contributed by atoms with Gasteiger partial charge in [0.05, 0.1) is 26.9 Å². The van der Waals surface area contributed by atoms with Crippen molar-refractivity contribution in [2.24, 2.45) is 0 Å². The van der Waals surface area contributed by atoms with Gasteiger partial charge in [0.1, 0.15) is 0 Å².